The lowest BCUT2D eigenvalue weighted by Crippen LogP contribution is -2.12. The number of amides is 1. The minimum absolute atomic E-state index is 0.0155. The zero-order chi connectivity index (χ0) is 12.5. The first-order valence-electron chi connectivity index (χ1n) is 5.44. The van der Waals surface area contributed by atoms with Crippen LogP contribution < -0.4 is 5.32 Å². The molecule has 1 aliphatic rings. The summed E-state index contributed by atoms with van der Waals surface area (Å²) in [6.45, 7) is 0. The van der Waals surface area contributed by atoms with Gasteiger partial charge in [-0.2, -0.15) is 5.10 Å². The Balaban J connectivity index is 2.02. The molecular formula is C12H10FN3OS. The Morgan fingerprint density at radius 1 is 1.33 bits per heavy atom. The molecule has 18 heavy (non-hydrogen) atoms. The fraction of sp³-hybridized carbons (Fsp3) is 0.167. The van der Waals surface area contributed by atoms with Crippen LogP contribution in [-0.4, -0.2) is 21.9 Å². The maximum Gasteiger partial charge on any atom is 0.235 e. The second-order valence-corrected chi connectivity index (χ2v) is 5.08. The Morgan fingerprint density at radius 3 is 2.89 bits per heavy atom. The third-order valence-electron chi connectivity index (χ3n) is 2.77. The normalized spacial score (nSPS) is 18.9. The van der Waals surface area contributed by atoms with Gasteiger partial charge in [-0.15, -0.1) is 11.8 Å². The fourth-order valence-electron chi connectivity index (χ4n) is 1.93. The zero-order valence-electron chi connectivity index (χ0n) is 9.31. The predicted octanol–water partition coefficient (Wildman–Crippen LogP) is 2.32. The summed E-state index contributed by atoms with van der Waals surface area (Å²) in [5.74, 6) is 0.665. The van der Waals surface area contributed by atoms with Crippen molar-refractivity contribution in [1.29, 1.82) is 0 Å². The lowest BCUT2D eigenvalue weighted by molar-refractivity contribution is -0.113. The number of anilines is 1. The minimum Gasteiger partial charge on any atom is -0.310 e. The smallest absolute Gasteiger partial charge is 0.235 e. The van der Waals surface area contributed by atoms with Crippen LogP contribution in [0.3, 0.4) is 0 Å². The van der Waals surface area contributed by atoms with Crippen molar-refractivity contribution in [2.24, 2.45) is 0 Å². The molecule has 2 N–H and O–H groups in total. The molecule has 1 amide bonds. The van der Waals surface area contributed by atoms with Gasteiger partial charge in [0.15, 0.2) is 0 Å². The molecule has 4 nitrogen and oxygen atoms in total. The van der Waals surface area contributed by atoms with E-state index in [1.807, 2.05) is 0 Å². The van der Waals surface area contributed by atoms with E-state index in [1.54, 1.807) is 18.3 Å². The molecule has 92 valence electrons. The molecule has 0 saturated heterocycles. The Labute approximate surface area is 107 Å². The van der Waals surface area contributed by atoms with Crippen LogP contribution in [0.1, 0.15) is 16.4 Å². The average molecular weight is 263 g/mol. The van der Waals surface area contributed by atoms with Gasteiger partial charge in [0.25, 0.3) is 0 Å². The molecule has 1 aromatic carbocycles. The first-order chi connectivity index (χ1) is 8.74. The Bertz CT molecular complexity index is 581. The third kappa shape index (κ3) is 1.99. The number of carbonyl (C=O) groups excluding carboxylic acids is 1. The van der Waals surface area contributed by atoms with Crippen LogP contribution in [0.25, 0.3) is 0 Å². The summed E-state index contributed by atoms with van der Waals surface area (Å²) in [5, 5.41) is 9.46. The van der Waals surface area contributed by atoms with E-state index in [-0.39, 0.29) is 17.0 Å². The lowest BCUT2D eigenvalue weighted by Gasteiger charge is -2.13. The number of hydrogen-bond acceptors (Lipinski definition) is 3. The molecule has 0 unspecified atom stereocenters. The van der Waals surface area contributed by atoms with Crippen molar-refractivity contribution in [3.63, 3.8) is 0 Å². The number of hydrogen-bond donors (Lipinski definition) is 2. The monoisotopic (exact) mass is 263 g/mol. The van der Waals surface area contributed by atoms with Gasteiger partial charge in [-0.1, -0.05) is 12.1 Å². The lowest BCUT2D eigenvalue weighted by atomic mass is 10.1. The van der Waals surface area contributed by atoms with Gasteiger partial charge in [0, 0.05) is 5.56 Å². The molecule has 1 aromatic heterocycles. The molecule has 0 aliphatic carbocycles. The van der Waals surface area contributed by atoms with Crippen LogP contribution in [0.5, 0.6) is 0 Å². The molecule has 1 aliphatic heterocycles. The van der Waals surface area contributed by atoms with Crippen LogP contribution in [0.15, 0.2) is 30.5 Å². The van der Waals surface area contributed by atoms with Gasteiger partial charge >= 0.3 is 0 Å². The van der Waals surface area contributed by atoms with Crippen molar-refractivity contribution in [3.05, 3.63) is 47.4 Å². The molecule has 0 radical (unpaired) electrons. The highest BCUT2D eigenvalue weighted by Crippen LogP contribution is 2.40. The molecule has 6 heteroatoms. The molecule has 0 fully saturated rings. The van der Waals surface area contributed by atoms with Gasteiger partial charge < -0.3 is 5.32 Å². The second-order valence-electron chi connectivity index (χ2n) is 3.99. The summed E-state index contributed by atoms with van der Waals surface area (Å²) in [6, 6.07) is 6.32. The Kier molecular flexibility index (Phi) is 2.79. The number of carbonyl (C=O) groups is 1. The summed E-state index contributed by atoms with van der Waals surface area (Å²) in [7, 11) is 0. The van der Waals surface area contributed by atoms with Crippen LogP contribution in [-0.2, 0) is 4.79 Å². The maximum absolute atomic E-state index is 12.9. The van der Waals surface area contributed by atoms with Gasteiger partial charge in [0.2, 0.25) is 5.91 Å². The number of nitrogens with one attached hydrogen (secondary N) is 2. The standard InChI is InChI=1S/C12H10FN3OS/c13-8-3-1-7(2-4-8)11-9-5-14-16-12(9)15-10(17)6-18-11/h1-5,11H,6H2,(H2,14,15,16,17)/t11-/m1/s1. The van der Waals surface area contributed by atoms with E-state index in [9.17, 15) is 9.18 Å². The number of thioether (sulfide) groups is 1. The predicted molar refractivity (Wildman–Crippen MR) is 67.9 cm³/mol. The number of halogens is 1. The van der Waals surface area contributed by atoms with E-state index in [0.29, 0.717) is 11.6 Å². The Morgan fingerprint density at radius 2 is 2.11 bits per heavy atom. The van der Waals surface area contributed by atoms with Crippen molar-refractivity contribution in [3.8, 4) is 0 Å². The summed E-state index contributed by atoms with van der Waals surface area (Å²) in [5.41, 5.74) is 1.87. The van der Waals surface area contributed by atoms with Crippen molar-refractivity contribution in [1.82, 2.24) is 10.2 Å². The van der Waals surface area contributed by atoms with Gasteiger partial charge in [0.05, 0.1) is 17.2 Å². The van der Waals surface area contributed by atoms with Crippen molar-refractivity contribution in [2.45, 2.75) is 5.25 Å². The highest BCUT2D eigenvalue weighted by atomic mass is 32.2. The van der Waals surface area contributed by atoms with Gasteiger partial charge in [-0.3, -0.25) is 9.89 Å². The van der Waals surface area contributed by atoms with E-state index >= 15 is 0 Å². The number of fused-ring (bicyclic) bond motifs is 1. The topological polar surface area (TPSA) is 57.8 Å². The van der Waals surface area contributed by atoms with Crippen molar-refractivity contribution in [2.75, 3.05) is 11.1 Å². The molecule has 3 rings (SSSR count). The fourth-order valence-corrected chi connectivity index (χ4v) is 3.03. The van der Waals surface area contributed by atoms with E-state index in [0.717, 1.165) is 11.1 Å². The van der Waals surface area contributed by atoms with E-state index in [2.05, 4.69) is 15.5 Å². The van der Waals surface area contributed by atoms with Gasteiger partial charge in [-0.25, -0.2) is 4.39 Å². The van der Waals surface area contributed by atoms with E-state index in [4.69, 9.17) is 0 Å². The molecule has 0 spiro atoms. The summed E-state index contributed by atoms with van der Waals surface area (Å²) in [4.78, 5) is 11.5. The number of benzene rings is 1. The van der Waals surface area contributed by atoms with Crippen molar-refractivity contribution >= 4 is 23.5 Å². The van der Waals surface area contributed by atoms with Gasteiger partial charge in [-0.05, 0) is 17.7 Å². The third-order valence-corrected chi connectivity index (χ3v) is 4.06. The van der Waals surface area contributed by atoms with Crippen LogP contribution in [0, 0.1) is 5.82 Å². The molecular weight excluding hydrogens is 253 g/mol. The number of nitrogens with zero attached hydrogens (tertiary/aromatic N) is 1. The number of H-pyrrole nitrogens is 1. The average Bonchev–Trinajstić information content (AvgIpc) is 2.74. The van der Waals surface area contributed by atoms with E-state index < -0.39 is 0 Å². The first kappa shape index (κ1) is 11.3. The number of aromatic amines is 1. The number of rotatable bonds is 1. The SMILES string of the molecule is O=C1CS[C@H](c2ccc(F)cc2)c2cn[nH]c2N1. The molecule has 0 saturated carbocycles. The van der Waals surface area contributed by atoms with Crippen LogP contribution in [0.4, 0.5) is 10.2 Å². The quantitative estimate of drug-likeness (QED) is 0.830. The molecule has 1 atom stereocenters. The molecule has 2 heterocycles. The largest absolute Gasteiger partial charge is 0.310 e. The van der Waals surface area contributed by atoms with Crippen molar-refractivity contribution < 1.29 is 9.18 Å². The molecule has 0 bridgehead atoms. The second kappa shape index (κ2) is 4.45. The maximum atomic E-state index is 12.9. The number of aromatic nitrogens is 2. The molecule has 2 aromatic rings. The summed E-state index contributed by atoms with van der Waals surface area (Å²) in [6.07, 6.45) is 1.70. The van der Waals surface area contributed by atoms with Crippen LogP contribution in [0.2, 0.25) is 0 Å². The highest BCUT2D eigenvalue weighted by molar-refractivity contribution is 8.00. The minimum atomic E-state index is -0.265. The van der Waals surface area contributed by atoms with E-state index in [1.165, 1.54) is 23.9 Å². The highest BCUT2D eigenvalue weighted by Gasteiger charge is 2.25. The van der Waals surface area contributed by atoms with Crippen LogP contribution >= 0.6 is 11.8 Å². The van der Waals surface area contributed by atoms with Gasteiger partial charge in [0.1, 0.15) is 11.6 Å². The zero-order valence-corrected chi connectivity index (χ0v) is 10.1. The Hall–Kier alpha value is -1.82. The summed E-state index contributed by atoms with van der Waals surface area (Å²) < 4.78 is 12.9. The summed E-state index contributed by atoms with van der Waals surface area (Å²) >= 11 is 1.50. The first-order valence-corrected chi connectivity index (χ1v) is 6.49.